The molecule has 3 aromatic rings. The zero-order valence-corrected chi connectivity index (χ0v) is 18.3. The first-order valence-electron chi connectivity index (χ1n) is 10.1. The van der Waals surface area contributed by atoms with Crippen LogP contribution in [0.2, 0.25) is 0 Å². The average Bonchev–Trinajstić information content (AvgIpc) is 3.10. The van der Waals surface area contributed by atoms with Gasteiger partial charge in [-0.15, -0.1) is 0 Å². The molecule has 7 nitrogen and oxygen atoms in total. The molecule has 1 amide bonds. The molecule has 0 radical (unpaired) electrons. The lowest BCUT2D eigenvalue weighted by molar-refractivity contribution is -0.116. The fourth-order valence-electron chi connectivity index (χ4n) is 4.01. The van der Waals surface area contributed by atoms with E-state index in [9.17, 15) is 9.59 Å². The number of nitrogens with one attached hydrogen (secondary N) is 1. The van der Waals surface area contributed by atoms with Crippen LogP contribution in [0, 0.1) is 20.8 Å². The normalized spacial score (nSPS) is 15.3. The molecule has 1 aromatic heterocycles. The Kier molecular flexibility index (Phi) is 5.27. The largest absolute Gasteiger partial charge is 0.493 e. The van der Waals surface area contributed by atoms with Crippen LogP contribution in [-0.2, 0) is 4.79 Å². The minimum absolute atomic E-state index is 0.0691. The van der Waals surface area contributed by atoms with E-state index in [0.29, 0.717) is 28.6 Å². The summed E-state index contributed by atoms with van der Waals surface area (Å²) >= 11 is 0. The van der Waals surface area contributed by atoms with Crippen LogP contribution in [0.1, 0.15) is 45.1 Å². The second-order valence-electron chi connectivity index (χ2n) is 7.77. The monoisotopic (exact) mass is 419 g/mol. The number of fused-ring (bicyclic) bond motifs is 1. The molecule has 160 valence electrons. The summed E-state index contributed by atoms with van der Waals surface area (Å²) in [4.78, 5) is 26.0. The number of nitrogens with zero attached hydrogens (tertiary/aromatic N) is 2. The minimum Gasteiger partial charge on any atom is -0.493 e. The van der Waals surface area contributed by atoms with E-state index in [2.05, 4.69) is 10.4 Å². The van der Waals surface area contributed by atoms with Gasteiger partial charge in [0.05, 0.1) is 31.5 Å². The lowest BCUT2D eigenvalue weighted by Gasteiger charge is -2.23. The van der Waals surface area contributed by atoms with E-state index in [1.807, 2.05) is 39.0 Å². The molecule has 0 bridgehead atoms. The number of benzene rings is 2. The van der Waals surface area contributed by atoms with Crippen LogP contribution in [0.4, 0.5) is 5.82 Å². The zero-order chi connectivity index (χ0) is 22.3. The Bertz CT molecular complexity index is 1200. The first-order valence-corrected chi connectivity index (χ1v) is 10.1. The summed E-state index contributed by atoms with van der Waals surface area (Å²) in [6.45, 7) is 5.94. The molecule has 7 heteroatoms. The van der Waals surface area contributed by atoms with E-state index in [1.165, 1.54) is 12.7 Å². The Morgan fingerprint density at radius 1 is 1.03 bits per heavy atom. The quantitative estimate of drug-likeness (QED) is 0.629. The van der Waals surface area contributed by atoms with Gasteiger partial charge in [0, 0.05) is 17.5 Å². The van der Waals surface area contributed by atoms with Crippen molar-refractivity contribution < 1.29 is 19.1 Å². The third-order valence-electron chi connectivity index (χ3n) is 5.82. The Balaban J connectivity index is 1.79. The van der Waals surface area contributed by atoms with Gasteiger partial charge in [-0.05, 0) is 62.2 Å². The first kappa shape index (κ1) is 20.7. The van der Waals surface area contributed by atoms with E-state index < -0.39 is 5.92 Å². The molecule has 1 N–H and O–H groups in total. The number of anilines is 1. The number of ketones is 1. The van der Waals surface area contributed by atoms with E-state index in [0.717, 1.165) is 16.8 Å². The third kappa shape index (κ3) is 3.56. The molecule has 2 aromatic carbocycles. The summed E-state index contributed by atoms with van der Waals surface area (Å²) < 4.78 is 12.3. The molecule has 1 atom stereocenters. The summed E-state index contributed by atoms with van der Waals surface area (Å²) in [5.41, 5.74) is 5.06. The molecule has 0 aliphatic carbocycles. The van der Waals surface area contributed by atoms with Crippen molar-refractivity contribution in [2.45, 2.75) is 33.1 Å². The molecule has 1 aliphatic rings. The molecular formula is C24H25N3O4. The van der Waals surface area contributed by atoms with Gasteiger partial charge in [0.15, 0.2) is 17.3 Å². The van der Waals surface area contributed by atoms with Crippen molar-refractivity contribution in [3.05, 3.63) is 64.3 Å². The molecule has 0 fully saturated rings. The zero-order valence-electron chi connectivity index (χ0n) is 18.3. The third-order valence-corrected chi connectivity index (χ3v) is 5.82. The molecule has 31 heavy (non-hydrogen) atoms. The van der Waals surface area contributed by atoms with Gasteiger partial charge >= 0.3 is 0 Å². The Morgan fingerprint density at radius 2 is 1.77 bits per heavy atom. The van der Waals surface area contributed by atoms with Gasteiger partial charge in [-0.25, -0.2) is 4.68 Å². The smallest absolute Gasteiger partial charge is 0.226 e. The van der Waals surface area contributed by atoms with Crippen molar-refractivity contribution >= 4 is 17.5 Å². The number of aromatic nitrogens is 2. The van der Waals surface area contributed by atoms with Crippen molar-refractivity contribution in [1.82, 2.24) is 9.78 Å². The van der Waals surface area contributed by atoms with Gasteiger partial charge in [-0.2, -0.15) is 5.10 Å². The molecular weight excluding hydrogens is 394 g/mol. The number of hydrogen-bond donors (Lipinski definition) is 1. The molecule has 0 saturated heterocycles. The number of ether oxygens (including phenoxy) is 2. The molecule has 1 aliphatic heterocycles. The number of aryl methyl sites for hydroxylation is 3. The SMILES string of the molecule is COc1ccc(C(=O)C2CC(=O)Nc3c2c(C)nn3-c2ccc(C)c(C)c2)cc1OC. The fourth-order valence-corrected chi connectivity index (χ4v) is 4.01. The van der Waals surface area contributed by atoms with E-state index in [-0.39, 0.29) is 18.1 Å². The second kappa shape index (κ2) is 7.91. The summed E-state index contributed by atoms with van der Waals surface area (Å²) in [7, 11) is 3.07. The van der Waals surface area contributed by atoms with Crippen LogP contribution < -0.4 is 14.8 Å². The Morgan fingerprint density at radius 3 is 2.45 bits per heavy atom. The van der Waals surface area contributed by atoms with Crippen LogP contribution in [0.5, 0.6) is 11.5 Å². The highest BCUT2D eigenvalue weighted by molar-refractivity contribution is 6.08. The predicted octanol–water partition coefficient (Wildman–Crippen LogP) is 4.12. The number of rotatable bonds is 5. The molecule has 2 heterocycles. The number of hydrogen-bond acceptors (Lipinski definition) is 5. The van der Waals surface area contributed by atoms with Gasteiger partial charge in [0.1, 0.15) is 5.82 Å². The summed E-state index contributed by atoms with van der Waals surface area (Å²) in [6, 6.07) is 11.0. The van der Waals surface area contributed by atoms with E-state index in [1.54, 1.807) is 30.0 Å². The molecule has 4 rings (SSSR count). The van der Waals surface area contributed by atoms with Crippen molar-refractivity contribution in [1.29, 1.82) is 0 Å². The number of methoxy groups -OCH3 is 2. The van der Waals surface area contributed by atoms with Gasteiger partial charge in [-0.3, -0.25) is 9.59 Å². The van der Waals surface area contributed by atoms with Crippen LogP contribution in [0.15, 0.2) is 36.4 Å². The highest BCUT2D eigenvalue weighted by Crippen LogP contribution is 2.39. The van der Waals surface area contributed by atoms with Crippen LogP contribution >= 0.6 is 0 Å². The maximum absolute atomic E-state index is 13.5. The molecule has 1 unspecified atom stereocenters. The van der Waals surface area contributed by atoms with Crippen LogP contribution in [-0.4, -0.2) is 35.7 Å². The van der Waals surface area contributed by atoms with Crippen LogP contribution in [0.25, 0.3) is 5.69 Å². The van der Waals surface area contributed by atoms with Crippen molar-refractivity contribution in [3.63, 3.8) is 0 Å². The number of carbonyl (C=O) groups is 2. The fraction of sp³-hybridized carbons (Fsp3) is 0.292. The summed E-state index contributed by atoms with van der Waals surface area (Å²) in [6.07, 6.45) is 0.0691. The number of amides is 1. The van der Waals surface area contributed by atoms with Gasteiger partial charge < -0.3 is 14.8 Å². The van der Waals surface area contributed by atoms with Crippen LogP contribution in [0.3, 0.4) is 0 Å². The van der Waals surface area contributed by atoms with Gasteiger partial charge in [-0.1, -0.05) is 6.07 Å². The van der Waals surface area contributed by atoms with E-state index in [4.69, 9.17) is 9.47 Å². The van der Waals surface area contributed by atoms with Gasteiger partial charge in [0.2, 0.25) is 5.91 Å². The topological polar surface area (TPSA) is 82.5 Å². The number of carbonyl (C=O) groups excluding carboxylic acids is 2. The maximum Gasteiger partial charge on any atom is 0.226 e. The average molecular weight is 419 g/mol. The summed E-state index contributed by atoms with van der Waals surface area (Å²) in [5.74, 6) is 0.574. The highest BCUT2D eigenvalue weighted by Gasteiger charge is 2.36. The second-order valence-corrected chi connectivity index (χ2v) is 7.77. The van der Waals surface area contributed by atoms with Crippen molar-refractivity contribution in [2.75, 3.05) is 19.5 Å². The van der Waals surface area contributed by atoms with Crippen molar-refractivity contribution in [3.8, 4) is 17.2 Å². The maximum atomic E-state index is 13.5. The highest BCUT2D eigenvalue weighted by atomic mass is 16.5. The lowest BCUT2D eigenvalue weighted by atomic mass is 9.85. The van der Waals surface area contributed by atoms with Crippen molar-refractivity contribution in [2.24, 2.45) is 0 Å². The summed E-state index contributed by atoms with van der Waals surface area (Å²) in [5, 5.41) is 7.58. The molecule has 0 saturated carbocycles. The van der Waals surface area contributed by atoms with Gasteiger partial charge in [0.25, 0.3) is 0 Å². The Hall–Kier alpha value is -3.61. The first-order chi connectivity index (χ1) is 14.8. The molecule has 0 spiro atoms. The minimum atomic E-state index is -0.623. The number of Topliss-reactive ketones (excluding diaryl/α,β-unsaturated/α-hetero) is 1. The predicted molar refractivity (Wildman–Crippen MR) is 118 cm³/mol. The lowest BCUT2D eigenvalue weighted by Crippen LogP contribution is -2.28. The van der Waals surface area contributed by atoms with E-state index >= 15 is 0 Å². The Labute approximate surface area is 181 Å². The standard InChI is InChI=1S/C24H25N3O4/c1-13-6-8-17(10-14(13)2)27-24-22(15(3)26-27)18(12-21(28)25-24)23(29)16-7-9-19(30-4)20(11-16)31-5/h6-11,18H,12H2,1-5H3,(H,25,28).